The Morgan fingerprint density at radius 3 is 3.24 bits per heavy atom. The minimum absolute atomic E-state index is 0.0432. The molecule has 5 heteroatoms. The van der Waals surface area contributed by atoms with Gasteiger partial charge in [0.2, 0.25) is 0 Å². The molecule has 0 bridgehead atoms. The number of hydrogen-bond acceptors (Lipinski definition) is 3. The number of pyridine rings is 1. The van der Waals surface area contributed by atoms with E-state index in [0.29, 0.717) is 12.1 Å². The highest BCUT2D eigenvalue weighted by Gasteiger charge is 2.19. The molecule has 5 nitrogen and oxygen atoms in total. The molecule has 1 saturated heterocycles. The van der Waals surface area contributed by atoms with Gasteiger partial charge < -0.3 is 14.6 Å². The van der Waals surface area contributed by atoms with Crippen LogP contribution >= 0.6 is 0 Å². The number of hydrogen-bond donors (Lipinski definition) is 1. The van der Waals surface area contributed by atoms with E-state index < -0.39 is 0 Å². The van der Waals surface area contributed by atoms with Crippen LogP contribution in [0.4, 0.5) is 0 Å². The third-order valence-corrected chi connectivity index (χ3v) is 3.86. The lowest BCUT2D eigenvalue weighted by atomic mass is 10.2. The van der Waals surface area contributed by atoms with Gasteiger partial charge in [0, 0.05) is 37.5 Å². The summed E-state index contributed by atoms with van der Waals surface area (Å²) in [6.45, 7) is 4.37. The zero-order valence-corrected chi connectivity index (χ0v) is 12.3. The molecule has 2 aromatic heterocycles. The zero-order valence-electron chi connectivity index (χ0n) is 12.3. The summed E-state index contributed by atoms with van der Waals surface area (Å²) in [4.78, 5) is 16.8. The molecular formula is C16H21N3O2. The molecule has 1 aliphatic rings. The maximum Gasteiger partial charge on any atom is 0.253 e. The van der Waals surface area contributed by atoms with E-state index in [-0.39, 0.29) is 12.0 Å². The molecule has 0 aliphatic carbocycles. The molecule has 1 N–H and O–H groups in total. The molecule has 3 rings (SSSR count). The fourth-order valence-corrected chi connectivity index (χ4v) is 2.82. The average Bonchev–Trinajstić information content (AvgIpc) is 3.14. The highest BCUT2D eigenvalue weighted by Crippen LogP contribution is 2.20. The number of carbonyl (C=O) groups is 1. The molecule has 0 saturated carbocycles. The first-order valence-corrected chi connectivity index (χ1v) is 7.63. The van der Waals surface area contributed by atoms with Crippen molar-refractivity contribution in [1.82, 2.24) is 14.9 Å². The van der Waals surface area contributed by atoms with Crippen LogP contribution in [0.15, 0.2) is 24.5 Å². The van der Waals surface area contributed by atoms with E-state index in [2.05, 4.69) is 21.8 Å². The lowest BCUT2D eigenvalue weighted by Gasteiger charge is -2.10. The van der Waals surface area contributed by atoms with E-state index in [9.17, 15) is 4.79 Å². The Balaban J connectivity index is 1.80. The van der Waals surface area contributed by atoms with Crippen LogP contribution in [0, 0.1) is 0 Å². The Labute approximate surface area is 124 Å². The summed E-state index contributed by atoms with van der Waals surface area (Å²) in [5.74, 6) is -0.0432. The quantitative estimate of drug-likeness (QED) is 0.918. The predicted octanol–water partition coefficient (Wildman–Crippen LogP) is 2.36. The highest BCUT2D eigenvalue weighted by molar-refractivity contribution is 6.06. The minimum Gasteiger partial charge on any atom is -0.376 e. The van der Waals surface area contributed by atoms with Crippen molar-refractivity contribution < 1.29 is 9.53 Å². The summed E-state index contributed by atoms with van der Waals surface area (Å²) in [6, 6.07) is 3.82. The van der Waals surface area contributed by atoms with Gasteiger partial charge >= 0.3 is 0 Å². The van der Waals surface area contributed by atoms with Crippen LogP contribution in [0.2, 0.25) is 0 Å². The molecule has 21 heavy (non-hydrogen) atoms. The molecule has 2 aromatic rings. The third-order valence-electron chi connectivity index (χ3n) is 3.86. The van der Waals surface area contributed by atoms with Crippen molar-refractivity contribution in [2.75, 3.05) is 13.2 Å². The second-order valence-electron chi connectivity index (χ2n) is 5.46. The van der Waals surface area contributed by atoms with E-state index in [1.165, 1.54) is 0 Å². The Kier molecular flexibility index (Phi) is 4.20. The van der Waals surface area contributed by atoms with Gasteiger partial charge in [0.15, 0.2) is 0 Å². The van der Waals surface area contributed by atoms with E-state index in [1.54, 1.807) is 6.20 Å². The Morgan fingerprint density at radius 2 is 2.48 bits per heavy atom. The van der Waals surface area contributed by atoms with Gasteiger partial charge in [-0.05, 0) is 31.4 Å². The van der Waals surface area contributed by atoms with Gasteiger partial charge in [0.1, 0.15) is 5.65 Å². The second-order valence-corrected chi connectivity index (χ2v) is 5.46. The Bertz CT molecular complexity index is 629. The normalized spacial score (nSPS) is 18.2. The predicted molar refractivity (Wildman–Crippen MR) is 81.3 cm³/mol. The number of rotatable bonds is 5. The van der Waals surface area contributed by atoms with Crippen molar-refractivity contribution in [1.29, 1.82) is 0 Å². The number of aromatic nitrogens is 2. The molecule has 3 heterocycles. The summed E-state index contributed by atoms with van der Waals surface area (Å²) in [5.41, 5.74) is 1.58. The van der Waals surface area contributed by atoms with Gasteiger partial charge in [-0.1, -0.05) is 6.92 Å². The van der Waals surface area contributed by atoms with Crippen LogP contribution in [0.5, 0.6) is 0 Å². The molecule has 1 atom stereocenters. The maximum atomic E-state index is 12.4. The Hall–Kier alpha value is -1.88. The molecule has 0 radical (unpaired) electrons. The first kappa shape index (κ1) is 14.1. The van der Waals surface area contributed by atoms with Gasteiger partial charge in [-0.25, -0.2) is 4.98 Å². The summed E-state index contributed by atoms with van der Waals surface area (Å²) in [6.07, 6.45) is 6.96. The van der Waals surface area contributed by atoms with Crippen molar-refractivity contribution in [3.63, 3.8) is 0 Å². The molecule has 0 spiro atoms. The van der Waals surface area contributed by atoms with Crippen molar-refractivity contribution in [3.8, 4) is 0 Å². The Morgan fingerprint density at radius 1 is 1.57 bits per heavy atom. The summed E-state index contributed by atoms with van der Waals surface area (Å²) < 4.78 is 7.59. The first-order chi connectivity index (χ1) is 10.3. The monoisotopic (exact) mass is 287 g/mol. The van der Waals surface area contributed by atoms with Crippen molar-refractivity contribution in [2.45, 2.75) is 38.8 Å². The lowest BCUT2D eigenvalue weighted by Crippen LogP contribution is -2.31. The fraction of sp³-hybridized carbons (Fsp3) is 0.500. The van der Waals surface area contributed by atoms with Gasteiger partial charge in [-0.3, -0.25) is 4.79 Å². The highest BCUT2D eigenvalue weighted by atomic mass is 16.5. The third kappa shape index (κ3) is 2.93. The molecule has 1 fully saturated rings. The lowest BCUT2D eigenvalue weighted by molar-refractivity contribution is 0.0859. The molecule has 112 valence electrons. The number of carbonyl (C=O) groups excluding carboxylic acids is 1. The number of aryl methyl sites for hydroxylation is 1. The summed E-state index contributed by atoms with van der Waals surface area (Å²) in [7, 11) is 0. The van der Waals surface area contributed by atoms with Gasteiger partial charge in [0.05, 0.1) is 11.7 Å². The van der Waals surface area contributed by atoms with Crippen molar-refractivity contribution >= 4 is 16.9 Å². The van der Waals surface area contributed by atoms with Gasteiger partial charge in [-0.2, -0.15) is 0 Å². The zero-order chi connectivity index (χ0) is 14.7. The van der Waals surface area contributed by atoms with Gasteiger partial charge in [0.25, 0.3) is 5.91 Å². The average molecular weight is 287 g/mol. The smallest absolute Gasteiger partial charge is 0.253 e. The first-order valence-electron chi connectivity index (χ1n) is 7.63. The van der Waals surface area contributed by atoms with Crippen LogP contribution in [0.25, 0.3) is 11.0 Å². The van der Waals surface area contributed by atoms with E-state index in [0.717, 1.165) is 43.4 Å². The molecular weight excluding hydrogens is 266 g/mol. The number of amides is 1. The standard InChI is InChI=1S/C16H21N3O2/c1-2-8-19-11-14(13-6-3-7-17-15(13)19)16(20)18-10-12-5-4-9-21-12/h3,6-7,11-12H,2,4-5,8-10H2,1H3,(H,18,20)/t12-/m1/s1. The number of nitrogens with one attached hydrogen (secondary N) is 1. The van der Waals surface area contributed by atoms with E-state index in [1.807, 2.05) is 18.3 Å². The summed E-state index contributed by atoms with van der Waals surface area (Å²) >= 11 is 0. The minimum atomic E-state index is -0.0432. The van der Waals surface area contributed by atoms with Crippen molar-refractivity contribution in [2.24, 2.45) is 0 Å². The fourth-order valence-electron chi connectivity index (χ4n) is 2.82. The van der Waals surface area contributed by atoms with Crippen LogP contribution in [-0.2, 0) is 11.3 Å². The van der Waals surface area contributed by atoms with E-state index >= 15 is 0 Å². The van der Waals surface area contributed by atoms with Crippen LogP contribution < -0.4 is 5.32 Å². The largest absolute Gasteiger partial charge is 0.376 e. The maximum absolute atomic E-state index is 12.4. The topological polar surface area (TPSA) is 56.2 Å². The summed E-state index contributed by atoms with van der Waals surface area (Å²) in [5, 5.41) is 3.90. The van der Waals surface area contributed by atoms with Crippen LogP contribution in [0.3, 0.4) is 0 Å². The SMILES string of the molecule is CCCn1cc(C(=O)NC[C@H]2CCCO2)c2cccnc21. The van der Waals surface area contributed by atoms with Gasteiger partial charge in [-0.15, -0.1) is 0 Å². The van der Waals surface area contributed by atoms with Crippen LogP contribution in [-0.4, -0.2) is 34.7 Å². The molecule has 1 aliphatic heterocycles. The molecule has 0 aromatic carbocycles. The molecule has 1 amide bonds. The van der Waals surface area contributed by atoms with E-state index in [4.69, 9.17) is 4.74 Å². The number of fused-ring (bicyclic) bond motifs is 1. The molecule has 0 unspecified atom stereocenters. The van der Waals surface area contributed by atoms with Crippen LogP contribution in [0.1, 0.15) is 36.5 Å². The second kappa shape index (κ2) is 6.26. The number of ether oxygens (including phenoxy) is 1. The number of nitrogens with zero attached hydrogens (tertiary/aromatic N) is 2. The van der Waals surface area contributed by atoms with Crippen molar-refractivity contribution in [3.05, 3.63) is 30.1 Å².